The molecule has 35 heavy (non-hydrogen) atoms. The largest absolute Gasteiger partial charge is 0.481 e. The van der Waals surface area contributed by atoms with Gasteiger partial charge in [-0.2, -0.15) is 12.6 Å². The first kappa shape index (κ1) is 25.8. The van der Waals surface area contributed by atoms with Gasteiger partial charge in [0.05, 0.1) is 10.9 Å². The summed E-state index contributed by atoms with van der Waals surface area (Å²) in [5.74, 6) is -1.63. The Morgan fingerprint density at radius 3 is 2.66 bits per heavy atom. The molecule has 2 aliphatic heterocycles. The summed E-state index contributed by atoms with van der Waals surface area (Å²) < 4.78 is 2.66. The molecule has 0 radical (unpaired) electrons. The highest BCUT2D eigenvalue weighted by atomic mass is 35.5. The summed E-state index contributed by atoms with van der Waals surface area (Å²) in [5.41, 5.74) is -1.80. The van der Waals surface area contributed by atoms with E-state index in [0.717, 1.165) is 0 Å². The lowest BCUT2D eigenvalue weighted by Crippen LogP contribution is -2.76. The van der Waals surface area contributed by atoms with Crippen molar-refractivity contribution in [3.8, 4) is 0 Å². The second-order valence-electron chi connectivity index (χ2n) is 8.28. The van der Waals surface area contributed by atoms with Gasteiger partial charge in [-0.1, -0.05) is 30.1 Å². The molecule has 2 aliphatic rings. The van der Waals surface area contributed by atoms with Crippen LogP contribution in [0.15, 0.2) is 11.0 Å². The molecule has 2 amide bonds. The van der Waals surface area contributed by atoms with Crippen molar-refractivity contribution >= 4 is 65.4 Å². The fourth-order valence-electron chi connectivity index (χ4n) is 4.22. The SMILES string of the molecule is CCC(=O)N(C1C(=O)N2CC(C(=O)O)(C(S)c3nnnn3C)CS[C@H]12)n1cc(Cl)c(=O)c(Cl)c1C. The number of aromatic nitrogens is 5. The number of hydrogen-bond donors (Lipinski definition) is 2. The highest BCUT2D eigenvalue weighted by Crippen LogP contribution is 2.50. The zero-order valence-corrected chi connectivity index (χ0v) is 22.0. The second-order valence-corrected chi connectivity index (χ2v) is 10.7. The minimum atomic E-state index is -1.47. The number of nitrogens with zero attached hydrogens (tertiary/aromatic N) is 7. The minimum Gasteiger partial charge on any atom is -0.481 e. The first-order chi connectivity index (χ1) is 16.5. The van der Waals surface area contributed by atoms with E-state index in [0.29, 0.717) is 0 Å². The Morgan fingerprint density at radius 2 is 2.09 bits per heavy atom. The topological polar surface area (TPSA) is 144 Å². The maximum Gasteiger partial charge on any atom is 0.313 e. The molecule has 0 bridgehead atoms. The maximum atomic E-state index is 13.4. The molecular formula is C19H21Cl2N7O5S2. The van der Waals surface area contributed by atoms with Gasteiger partial charge in [-0.05, 0) is 17.4 Å². The number of thiol groups is 1. The van der Waals surface area contributed by atoms with Crippen molar-refractivity contribution in [2.45, 2.75) is 36.9 Å². The lowest BCUT2D eigenvalue weighted by molar-refractivity contribution is -0.158. The van der Waals surface area contributed by atoms with E-state index in [1.54, 1.807) is 20.9 Å². The summed E-state index contributed by atoms with van der Waals surface area (Å²) in [5, 5.41) is 20.8. The molecule has 0 aliphatic carbocycles. The lowest BCUT2D eigenvalue weighted by atomic mass is 9.82. The summed E-state index contributed by atoms with van der Waals surface area (Å²) in [7, 11) is 1.58. The van der Waals surface area contributed by atoms with Gasteiger partial charge in [0, 0.05) is 32.0 Å². The number of halogens is 2. The molecule has 0 aromatic carbocycles. The van der Waals surface area contributed by atoms with Crippen LogP contribution in [0.1, 0.15) is 30.1 Å². The Morgan fingerprint density at radius 1 is 1.40 bits per heavy atom. The molecule has 2 saturated heterocycles. The number of tetrazole rings is 1. The monoisotopic (exact) mass is 561 g/mol. The number of carboxylic acid groups (broad SMARTS) is 1. The van der Waals surface area contributed by atoms with Crippen LogP contribution >= 0.6 is 47.6 Å². The third kappa shape index (κ3) is 3.90. The number of amides is 2. The number of aryl methyl sites for hydroxylation is 1. The van der Waals surface area contributed by atoms with E-state index in [4.69, 9.17) is 23.2 Å². The van der Waals surface area contributed by atoms with Gasteiger partial charge in [0.1, 0.15) is 20.8 Å². The van der Waals surface area contributed by atoms with Crippen LogP contribution in [0.3, 0.4) is 0 Å². The smallest absolute Gasteiger partial charge is 0.313 e. The normalized spacial score (nSPS) is 24.5. The van der Waals surface area contributed by atoms with Gasteiger partial charge in [-0.25, -0.2) is 9.69 Å². The molecule has 0 spiro atoms. The number of carboxylic acids is 1. The van der Waals surface area contributed by atoms with Crippen LogP contribution in [0.5, 0.6) is 0 Å². The van der Waals surface area contributed by atoms with Gasteiger partial charge in [-0.15, -0.1) is 16.9 Å². The van der Waals surface area contributed by atoms with Crippen molar-refractivity contribution in [1.82, 2.24) is 29.8 Å². The number of carbonyl (C=O) groups is 3. The molecule has 4 heterocycles. The van der Waals surface area contributed by atoms with Gasteiger partial charge in [0.2, 0.25) is 11.3 Å². The molecule has 12 nitrogen and oxygen atoms in total. The summed E-state index contributed by atoms with van der Waals surface area (Å²) in [6, 6.07) is -0.942. The van der Waals surface area contributed by atoms with Gasteiger partial charge in [0.25, 0.3) is 5.91 Å². The van der Waals surface area contributed by atoms with Gasteiger partial charge < -0.3 is 10.0 Å². The number of carbonyl (C=O) groups excluding carboxylic acids is 2. The van der Waals surface area contributed by atoms with Crippen LogP contribution in [0, 0.1) is 12.3 Å². The molecule has 4 rings (SSSR count). The Hall–Kier alpha value is -2.29. The first-order valence-corrected chi connectivity index (χ1v) is 12.7. The fraction of sp³-hybridized carbons (Fsp3) is 0.526. The number of β-lactam (4-membered cyclic amide) rings is 1. The van der Waals surface area contributed by atoms with Crippen molar-refractivity contribution < 1.29 is 19.5 Å². The zero-order chi connectivity index (χ0) is 25.8. The highest BCUT2D eigenvalue weighted by Gasteiger charge is 2.62. The predicted octanol–water partition coefficient (Wildman–Crippen LogP) is 0.887. The molecule has 4 atom stereocenters. The van der Waals surface area contributed by atoms with Crippen LogP contribution in [-0.4, -0.2) is 76.4 Å². The van der Waals surface area contributed by atoms with E-state index < -0.39 is 45.3 Å². The summed E-state index contributed by atoms with van der Waals surface area (Å²) in [6.45, 7) is 3.04. The molecule has 3 unspecified atom stereocenters. The molecule has 2 aromatic rings. The van der Waals surface area contributed by atoms with Crippen LogP contribution in [0.25, 0.3) is 0 Å². The number of thioether (sulfide) groups is 1. The van der Waals surface area contributed by atoms with Gasteiger partial charge >= 0.3 is 5.97 Å². The highest BCUT2D eigenvalue weighted by molar-refractivity contribution is 8.00. The van der Waals surface area contributed by atoms with E-state index in [2.05, 4.69) is 28.2 Å². The molecule has 2 aromatic heterocycles. The second kappa shape index (κ2) is 9.30. The van der Waals surface area contributed by atoms with E-state index in [1.165, 1.54) is 37.2 Å². The van der Waals surface area contributed by atoms with Crippen LogP contribution in [0.4, 0.5) is 0 Å². The fourth-order valence-corrected chi connectivity index (χ4v) is 6.89. The number of aliphatic carboxylic acids is 1. The van der Waals surface area contributed by atoms with E-state index in [-0.39, 0.29) is 40.3 Å². The average Bonchev–Trinajstić information content (AvgIpc) is 3.27. The van der Waals surface area contributed by atoms with E-state index >= 15 is 0 Å². The first-order valence-electron chi connectivity index (χ1n) is 10.4. The van der Waals surface area contributed by atoms with Crippen molar-refractivity contribution in [2.75, 3.05) is 17.3 Å². The Labute approximate surface area is 218 Å². The lowest BCUT2D eigenvalue weighted by Gasteiger charge is -2.57. The number of pyridine rings is 1. The Balaban J connectivity index is 1.69. The van der Waals surface area contributed by atoms with Crippen LogP contribution in [0.2, 0.25) is 10.0 Å². The summed E-state index contributed by atoms with van der Waals surface area (Å²) in [4.78, 5) is 52.4. The van der Waals surface area contributed by atoms with E-state index in [1.807, 2.05) is 0 Å². The molecular weight excluding hydrogens is 541 g/mol. The predicted molar refractivity (Wildman–Crippen MR) is 131 cm³/mol. The number of rotatable bonds is 6. The van der Waals surface area contributed by atoms with Gasteiger partial charge in [0.15, 0.2) is 11.9 Å². The van der Waals surface area contributed by atoms with Crippen LogP contribution in [-0.2, 0) is 21.4 Å². The quantitative estimate of drug-likeness (QED) is 0.388. The molecule has 1 N–H and O–H groups in total. The van der Waals surface area contributed by atoms with Crippen molar-refractivity contribution in [2.24, 2.45) is 12.5 Å². The van der Waals surface area contributed by atoms with Crippen molar-refractivity contribution in [3.63, 3.8) is 0 Å². The van der Waals surface area contributed by atoms with Crippen LogP contribution < -0.4 is 10.4 Å². The third-order valence-electron chi connectivity index (χ3n) is 6.29. The molecule has 188 valence electrons. The maximum absolute atomic E-state index is 13.4. The zero-order valence-electron chi connectivity index (χ0n) is 18.8. The average molecular weight is 562 g/mol. The summed E-state index contributed by atoms with van der Waals surface area (Å²) in [6.07, 6.45) is 1.33. The molecule has 0 saturated carbocycles. The van der Waals surface area contributed by atoms with E-state index in [9.17, 15) is 24.3 Å². The standard InChI is InChI=1S/C19H21Cl2N7O5S2/c1-4-10(29)28(27-5-9(20)13(30)11(21)8(27)2)12-16(31)26-6-19(18(32)33,7-35-17(12)26)14(34)15-22-23-24-25(15)3/h5,12,14,17,34H,4,6-7H2,1-3H3,(H,32,33)/t12?,14?,17-,19?/m1/s1. The minimum absolute atomic E-state index is 0.0684. The Bertz CT molecular complexity index is 1290. The molecule has 16 heteroatoms. The van der Waals surface area contributed by atoms with Crippen molar-refractivity contribution in [1.29, 1.82) is 0 Å². The molecule has 2 fully saturated rings. The van der Waals surface area contributed by atoms with Crippen molar-refractivity contribution in [3.05, 3.63) is 38.0 Å². The number of fused-ring (bicyclic) bond motifs is 1. The number of hydrogen-bond acceptors (Lipinski definition) is 9. The summed E-state index contributed by atoms with van der Waals surface area (Å²) >= 11 is 17.9. The Kier molecular flexibility index (Phi) is 6.85. The van der Waals surface area contributed by atoms with Gasteiger partial charge in [-0.3, -0.25) is 23.9 Å². The third-order valence-corrected chi connectivity index (χ3v) is 9.27.